The Bertz CT molecular complexity index is 819. The summed E-state index contributed by atoms with van der Waals surface area (Å²) in [5, 5.41) is 5.17. The standard InChI is InChI=1S/C21H27N3O3S/c1-14(20(26)23-21-17(19(22)25)11-13-28-21)24-12-5-3-4-6-18(24)15-7-9-16(27-2)10-8-15/h7-11,13-14,18H,3-6,12H2,1-2H3,(H2,22,25)(H,23,26). The SMILES string of the molecule is COc1ccc(C2CCCCCN2C(C)C(=O)Nc2sccc2C(N)=O)cc1. The van der Waals surface area contributed by atoms with Crippen LogP contribution in [0.15, 0.2) is 35.7 Å². The number of benzene rings is 1. The number of carbonyl (C=O) groups excluding carboxylic acids is 2. The lowest BCUT2D eigenvalue weighted by atomic mass is 9.99. The first-order valence-electron chi connectivity index (χ1n) is 9.59. The van der Waals surface area contributed by atoms with Gasteiger partial charge in [-0.2, -0.15) is 0 Å². The van der Waals surface area contributed by atoms with Gasteiger partial charge in [-0.1, -0.05) is 25.0 Å². The molecule has 28 heavy (non-hydrogen) atoms. The molecule has 2 unspecified atom stereocenters. The number of primary amides is 1. The van der Waals surface area contributed by atoms with Crippen molar-refractivity contribution in [1.29, 1.82) is 0 Å². The summed E-state index contributed by atoms with van der Waals surface area (Å²) in [7, 11) is 1.66. The second-order valence-corrected chi connectivity index (χ2v) is 7.99. The van der Waals surface area contributed by atoms with E-state index >= 15 is 0 Å². The number of nitrogens with one attached hydrogen (secondary N) is 1. The van der Waals surface area contributed by atoms with Crippen LogP contribution in [0.3, 0.4) is 0 Å². The summed E-state index contributed by atoms with van der Waals surface area (Å²) in [5.41, 5.74) is 6.94. The van der Waals surface area contributed by atoms with Gasteiger partial charge in [0.1, 0.15) is 10.8 Å². The number of likely N-dealkylation sites (tertiary alicyclic amines) is 1. The Hall–Kier alpha value is -2.38. The molecule has 0 radical (unpaired) electrons. The van der Waals surface area contributed by atoms with Crippen LogP contribution in [0.4, 0.5) is 5.00 Å². The Morgan fingerprint density at radius 1 is 1.21 bits per heavy atom. The molecular formula is C21H27N3O3S. The highest BCUT2D eigenvalue weighted by Crippen LogP contribution is 2.33. The number of nitrogens with zero attached hydrogens (tertiary/aromatic N) is 1. The zero-order valence-corrected chi connectivity index (χ0v) is 17.1. The van der Waals surface area contributed by atoms with Crippen LogP contribution in [-0.2, 0) is 4.79 Å². The Morgan fingerprint density at radius 3 is 2.64 bits per heavy atom. The fourth-order valence-corrected chi connectivity index (χ4v) is 4.54. The van der Waals surface area contributed by atoms with E-state index in [0.29, 0.717) is 10.6 Å². The average Bonchev–Trinajstić information content (AvgIpc) is 3.03. The maximum atomic E-state index is 13.0. The van der Waals surface area contributed by atoms with Gasteiger partial charge < -0.3 is 15.8 Å². The molecule has 3 rings (SSSR count). The number of methoxy groups -OCH3 is 1. The highest BCUT2D eigenvalue weighted by Gasteiger charge is 2.31. The number of thiophene rings is 1. The fraction of sp³-hybridized carbons (Fsp3) is 0.429. The second-order valence-electron chi connectivity index (χ2n) is 7.07. The van der Waals surface area contributed by atoms with Crippen LogP contribution in [0.2, 0.25) is 0 Å². The summed E-state index contributed by atoms with van der Waals surface area (Å²) in [4.78, 5) is 26.7. The first-order chi connectivity index (χ1) is 13.5. The van der Waals surface area contributed by atoms with Gasteiger partial charge in [-0.15, -0.1) is 11.3 Å². The number of rotatable bonds is 6. The van der Waals surface area contributed by atoms with Gasteiger partial charge in [0.05, 0.1) is 18.7 Å². The minimum absolute atomic E-state index is 0.120. The summed E-state index contributed by atoms with van der Waals surface area (Å²) >= 11 is 1.31. The van der Waals surface area contributed by atoms with Gasteiger partial charge in [0.2, 0.25) is 5.91 Å². The largest absolute Gasteiger partial charge is 0.497 e. The van der Waals surface area contributed by atoms with Crippen LogP contribution >= 0.6 is 11.3 Å². The summed E-state index contributed by atoms with van der Waals surface area (Å²) in [5.74, 6) is 0.173. The average molecular weight is 402 g/mol. The molecule has 1 aromatic carbocycles. The quantitative estimate of drug-likeness (QED) is 0.771. The van der Waals surface area contributed by atoms with Crippen LogP contribution in [-0.4, -0.2) is 36.4 Å². The topological polar surface area (TPSA) is 84.7 Å². The van der Waals surface area contributed by atoms with Gasteiger partial charge in [0.15, 0.2) is 0 Å². The molecule has 1 fully saturated rings. The summed E-state index contributed by atoms with van der Waals surface area (Å²) in [6.45, 7) is 2.78. The van der Waals surface area contributed by atoms with E-state index in [2.05, 4.69) is 22.3 Å². The van der Waals surface area contributed by atoms with Crippen LogP contribution in [0.1, 0.15) is 54.6 Å². The molecule has 2 atom stereocenters. The molecule has 1 aliphatic rings. The van der Waals surface area contributed by atoms with Crippen molar-refractivity contribution in [2.75, 3.05) is 19.0 Å². The lowest BCUT2D eigenvalue weighted by Crippen LogP contribution is -2.44. The number of hydrogen-bond donors (Lipinski definition) is 2. The zero-order valence-electron chi connectivity index (χ0n) is 16.3. The van der Waals surface area contributed by atoms with Gasteiger partial charge in [-0.25, -0.2) is 0 Å². The lowest BCUT2D eigenvalue weighted by Gasteiger charge is -2.34. The predicted octanol–water partition coefficient (Wildman–Crippen LogP) is 3.80. The monoisotopic (exact) mass is 401 g/mol. The molecule has 2 aromatic rings. The van der Waals surface area contributed by atoms with Crippen LogP contribution in [0.5, 0.6) is 5.75 Å². The van der Waals surface area contributed by atoms with Crippen molar-refractivity contribution < 1.29 is 14.3 Å². The molecule has 2 amide bonds. The molecule has 150 valence electrons. The molecule has 1 aromatic heterocycles. The minimum atomic E-state index is -0.532. The molecule has 7 heteroatoms. The Balaban J connectivity index is 1.79. The fourth-order valence-electron chi connectivity index (χ4n) is 3.75. The van der Waals surface area contributed by atoms with Crippen LogP contribution in [0.25, 0.3) is 0 Å². The van der Waals surface area contributed by atoms with Gasteiger partial charge >= 0.3 is 0 Å². The molecular weight excluding hydrogens is 374 g/mol. The van der Waals surface area contributed by atoms with E-state index in [-0.39, 0.29) is 18.0 Å². The molecule has 1 saturated heterocycles. The number of carbonyl (C=O) groups is 2. The van der Waals surface area contributed by atoms with E-state index < -0.39 is 5.91 Å². The molecule has 0 saturated carbocycles. The number of nitrogens with two attached hydrogens (primary N) is 1. The minimum Gasteiger partial charge on any atom is -0.497 e. The predicted molar refractivity (Wildman–Crippen MR) is 112 cm³/mol. The number of hydrogen-bond acceptors (Lipinski definition) is 5. The van der Waals surface area contributed by atoms with E-state index in [1.807, 2.05) is 19.1 Å². The third kappa shape index (κ3) is 4.54. The van der Waals surface area contributed by atoms with Gasteiger partial charge in [0, 0.05) is 6.04 Å². The van der Waals surface area contributed by atoms with E-state index in [0.717, 1.165) is 38.0 Å². The maximum Gasteiger partial charge on any atom is 0.251 e. The normalized spacial score (nSPS) is 18.9. The van der Waals surface area contributed by atoms with Crippen molar-refractivity contribution >= 4 is 28.2 Å². The molecule has 3 N–H and O–H groups in total. The molecule has 6 nitrogen and oxygen atoms in total. The summed E-state index contributed by atoms with van der Waals surface area (Å²) < 4.78 is 5.27. The Morgan fingerprint density at radius 2 is 1.96 bits per heavy atom. The van der Waals surface area contributed by atoms with Crippen molar-refractivity contribution in [2.24, 2.45) is 5.73 Å². The zero-order chi connectivity index (χ0) is 20.1. The van der Waals surface area contributed by atoms with Crippen molar-refractivity contribution in [3.05, 3.63) is 46.8 Å². The van der Waals surface area contributed by atoms with Gasteiger partial charge in [-0.05, 0) is 55.5 Å². The third-order valence-corrected chi connectivity index (χ3v) is 6.17. The van der Waals surface area contributed by atoms with Crippen LogP contribution in [0, 0.1) is 0 Å². The van der Waals surface area contributed by atoms with E-state index in [1.54, 1.807) is 18.6 Å². The highest BCUT2D eigenvalue weighted by molar-refractivity contribution is 7.14. The molecule has 0 spiro atoms. The van der Waals surface area contributed by atoms with Gasteiger partial charge in [-0.3, -0.25) is 14.5 Å². The summed E-state index contributed by atoms with van der Waals surface area (Å²) in [6.07, 6.45) is 4.37. The first kappa shape index (κ1) is 20.4. The number of amides is 2. The second kappa shape index (κ2) is 9.21. The smallest absolute Gasteiger partial charge is 0.251 e. The molecule has 1 aliphatic heterocycles. The Kier molecular flexibility index (Phi) is 6.70. The van der Waals surface area contributed by atoms with E-state index in [9.17, 15) is 9.59 Å². The van der Waals surface area contributed by atoms with Gasteiger partial charge in [0.25, 0.3) is 5.91 Å². The van der Waals surface area contributed by atoms with Crippen molar-refractivity contribution in [1.82, 2.24) is 4.90 Å². The molecule has 2 heterocycles. The lowest BCUT2D eigenvalue weighted by molar-refractivity contribution is -0.121. The van der Waals surface area contributed by atoms with Crippen molar-refractivity contribution in [3.8, 4) is 5.75 Å². The number of ether oxygens (including phenoxy) is 1. The van der Waals surface area contributed by atoms with Crippen molar-refractivity contribution in [3.63, 3.8) is 0 Å². The highest BCUT2D eigenvalue weighted by atomic mass is 32.1. The van der Waals surface area contributed by atoms with Crippen molar-refractivity contribution in [2.45, 2.75) is 44.7 Å². The third-order valence-electron chi connectivity index (χ3n) is 5.34. The maximum absolute atomic E-state index is 13.0. The molecule has 0 bridgehead atoms. The Labute approximate surface area is 169 Å². The molecule has 0 aliphatic carbocycles. The van der Waals surface area contributed by atoms with Crippen LogP contribution < -0.4 is 15.8 Å². The first-order valence-corrected chi connectivity index (χ1v) is 10.5. The van der Waals surface area contributed by atoms with E-state index in [1.165, 1.54) is 16.9 Å². The van der Waals surface area contributed by atoms with E-state index in [4.69, 9.17) is 10.5 Å². The number of anilines is 1. The summed E-state index contributed by atoms with van der Waals surface area (Å²) in [6, 6.07) is 9.58.